The van der Waals surface area contributed by atoms with Crippen LogP contribution in [-0.2, 0) is 4.79 Å². The number of methoxy groups -OCH3 is 1. The molecule has 3 unspecified atom stereocenters. The molecule has 6 nitrogen and oxygen atoms in total. The van der Waals surface area contributed by atoms with E-state index in [9.17, 15) is 9.59 Å². The number of thioether (sulfide) groups is 1. The predicted molar refractivity (Wildman–Crippen MR) is 154 cm³/mol. The monoisotopic (exact) mass is 550 g/mol. The van der Waals surface area contributed by atoms with E-state index in [2.05, 4.69) is 6.92 Å². The van der Waals surface area contributed by atoms with Gasteiger partial charge in [-0.25, -0.2) is 0 Å². The number of nitrogens with zero attached hydrogens (tertiary/aromatic N) is 2. The van der Waals surface area contributed by atoms with E-state index in [4.69, 9.17) is 21.4 Å². The zero-order chi connectivity index (χ0) is 26.4. The van der Waals surface area contributed by atoms with Gasteiger partial charge < -0.3 is 14.1 Å². The highest BCUT2D eigenvalue weighted by molar-refractivity contribution is 8.26. The molecule has 38 heavy (non-hydrogen) atoms. The molecular weight excluding hydrogens is 516 g/mol. The van der Waals surface area contributed by atoms with Crippen LogP contribution in [0.15, 0.2) is 39.7 Å². The van der Waals surface area contributed by atoms with E-state index < -0.39 is 0 Å². The first-order valence-corrected chi connectivity index (χ1v) is 15.1. The highest BCUT2D eigenvalue weighted by Crippen LogP contribution is 2.49. The van der Waals surface area contributed by atoms with E-state index in [0.717, 1.165) is 50.1 Å². The van der Waals surface area contributed by atoms with Crippen molar-refractivity contribution < 1.29 is 18.7 Å². The Morgan fingerprint density at radius 2 is 2.05 bits per heavy atom. The van der Waals surface area contributed by atoms with Crippen LogP contribution in [0.4, 0.5) is 0 Å². The summed E-state index contributed by atoms with van der Waals surface area (Å²) in [6, 6.07) is 9.85. The molecular formula is C30H34N2O4S2. The van der Waals surface area contributed by atoms with E-state index in [1.54, 1.807) is 13.2 Å². The molecule has 8 heteroatoms. The summed E-state index contributed by atoms with van der Waals surface area (Å²) in [5.41, 5.74) is 1.35. The Morgan fingerprint density at radius 1 is 1.18 bits per heavy atom. The number of hydrogen-bond acceptors (Lipinski definition) is 6. The van der Waals surface area contributed by atoms with E-state index in [1.807, 2.05) is 40.1 Å². The summed E-state index contributed by atoms with van der Waals surface area (Å²) in [5.74, 6) is 3.14. The Hall–Kier alpha value is -2.58. The maximum Gasteiger partial charge on any atom is 0.266 e. The van der Waals surface area contributed by atoms with Crippen molar-refractivity contribution >= 4 is 46.2 Å². The number of benzene rings is 1. The van der Waals surface area contributed by atoms with Crippen molar-refractivity contribution in [2.75, 3.05) is 13.7 Å². The summed E-state index contributed by atoms with van der Waals surface area (Å²) in [6.45, 7) is 2.91. The lowest BCUT2D eigenvalue weighted by Gasteiger charge is -2.35. The number of furan rings is 1. The number of carbonyl (C=O) groups excluding carboxylic acids is 2. The first kappa shape index (κ1) is 25.7. The van der Waals surface area contributed by atoms with Crippen LogP contribution in [0.5, 0.6) is 5.75 Å². The Morgan fingerprint density at radius 3 is 2.79 bits per heavy atom. The summed E-state index contributed by atoms with van der Waals surface area (Å²) in [5, 5.41) is 0. The van der Waals surface area contributed by atoms with Crippen molar-refractivity contribution in [3.05, 3.63) is 46.6 Å². The average molecular weight is 551 g/mol. The smallest absolute Gasteiger partial charge is 0.266 e. The minimum atomic E-state index is -0.000148. The lowest BCUT2D eigenvalue weighted by Crippen LogP contribution is -2.43. The minimum absolute atomic E-state index is 0.000148. The van der Waals surface area contributed by atoms with Crippen molar-refractivity contribution in [2.24, 2.45) is 11.8 Å². The number of amides is 2. The zero-order valence-electron chi connectivity index (χ0n) is 22.0. The van der Waals surface area contributed by atoms with Crippen LogP contribution >= 0.6 is 24.0 Å². The Kier molecular flexibility index (Phi) is 7.12. The molecule has 2 bridgehead atoms. The highest BCUT2D eigenvalue weighted by Gasteiger charge is 2.48. The molecule has 0 radical (unpaired) electrons. The molecule has 2 saturated carbocycles. The Balaban J connectivity index is 1.23. The SMILES string of the molecule is CC[C@@H]1CCCCN1C(=O)c1cc(-c2ccc(C=C3SC(=S)N(C4CC5CCC4C5)C3=O)o2)ccc1OC. The summed E-state index contributed by atoms with van der Waals surface area (Å²) in [6.07, 6.45) is 10.8. The molecule has 4 aliphatic rings. The number of rotatable bonds is 6. The largest absolute Gasteiger partial charge is 0.496 e. The van der Waals surface area contributed by atoms with Gasteiger partial charge in [-0.2, -0.15) is 0 Å². The van der Waals surface area contributed by atoms with Gasteiger partial charge in [0.05, 0.1) is 17.6 Å². The third-order valence-electron chi connectivity index (χ3n) is 8.83. The summed E-state index contributed by atoms with van der Waals surface area (Å²) in [4.78, 5) is 31.3. The van der Waals surface area contributed by atoms with E-state index in [1.165, 1.54) is 31.0 Å². The molecule has 0 spiro atoms. The molecule has 2 aliphatic carbocycles. The summed E-state index contributed by atoms with van der Waals surface area (Å²) < 4.78 is 12.4. The van der Waals surface area contributed by atoms with Crippen molar-refractivity contribution in [3.8, 4) is 17.1 Å². The van der Waals surface area contributed by atoms with Gasteiger partial charge in [0, 0.05) is 30.3 Å². The molecule has 6 rings (SSSR count). The first-order valence-electron chi connectivity index (χ1n) is 13.8. The van der Waals surface area contributed by atoms with Crippen molar-refractivity contribution in [1.29, 1.82) is 0 Å². The fourth-order valence-corrected chi connectivity index (χ4v) is 8.24. The number of ether oxygens (including phenoxy) is 1. The van der Waals surface area contributed by atoms with Gasteiger partial charge in [-0.15, -0.1) is 0 Å². The van der Waals surface area contributed by atoms with Crippen LogP contribution in [0.2, 0.25) is 0 Å². The Bertz CT molecular complexity index is 1300. The van der Waals surface area contributed by atoms with Crippen LogP contribution in [0.1, 0.15) is 74.4 Å². The molecule has 0 N–H and O–H groups in total. The maximum atomic E-state index is 13.6. The van der Waals surface area contributed by atoms with Gasteiger partial charge in [0.15, 0.2) is 0 Å². The zero-order valence-corrected chi connectivity index (χ0v) is 23.6. The quantitative estimate of drug-likeness (QED) is 0.293. The second kappa shape index (κ2) is 10.5. The summed E-state index contributed by atoms with van der Waals surface area (Å²) >= 11 is 6.99. The maximum absolute atomic E-state index is 13.6. The standard InChI is InChI=1S/C30H34N2O4S2/c1-3-21-6-4-5-13-31(21)28(33)23-16-20(9-11-26(23)35-2)25-12-10-22(36-25)17-27-29(34)32(30(37)38-27)24-15-18-7-8-19(24)14-18/h9-12,16-19,21,24H,3-8,13-15H2,1-2H3/t18?,19?,21-,24?/m1/s1. The number of thiocarbonyl (C=S) groups is 1. The lowest BCUT2D eigenvalue weighted by molar-refractivity contribution is -0.124. The Labute approximate surface area is 233 Å². The average Bonchev–Trinajstić information content (AvgIpc) is 3.73. The highest BCUT2D eigenvalue weighted by atomic mass is 32.2. The van der Waals surface area contributed by atoms with Gasteiger partial charge in [0.25, 0.3) is 11.8 Å². The molecule has 3 heterocycles. The predicted octanol–water partition coefficient (Wildman–Crippen LogP) is 6.75. The van der Waals surface area contributed by atoms with E-state index in [0.29, 0.717) is 38.0 Å². The van der Waals surface area contributed by atoms with Crippen LogP contribution in [0.3, 0.4) is 0 Å². The first-order chi connectivity index (χ1) is 18.5. The fourth-order valence-electron chi connectivity index (χ4n) is 6.88. The number of fused-ring (bicyclic) bond motifs is 2. The van der Waals surface area contributed by atoms with Gasteiger partial charge in [-0.05, 0) is 87.1 Å². The lowest BCUT2D eigenvalue weighted by atomic mass is 9.94. The van der Waals surface area contributed by atoms with Crippen LogP contribution in [0.25, 0.3) is 17.4 Å². The molecule has 1 aromatic heterocycles. The second-order valence-electron chi connectivity index (χ2n) is 11.0. The van der Waals surface area contributed by atoms with Crippen LogP contribution in [-0.4, -0.2) is 51.7 Å². The third-order valence-corrected chi connectivity index (χ3v) is 10.2. The van der Waals surface area contributed by atoms with E-state index in [-0.39, 0.29) is 23.9 Å². The molecule has 2 aromatic rings. The normalized spacial score (nSPS) is 28.1. The van der Waals surface area contributed by atoms with Gasteiger partial charge in [0.2, 0.25) is 0 Å². The molecule has 4 fully saturated rings. The minimum Gasteiger partial charge on any atom is -0.496 e. The third kappa shape index (κ3) is 4.60. The molecule has 1 aromatic carbocycles. The number of likely N-dealkylation sites (tertiary alicyclic amines) is 1. The summed E-state index contributed by atoms with van der Waals surface area (Å²) in [7, 11) is 1.59. The number of piperidine rings is 1. The number of hydrogen-bond donors (Lipinski definition) is 0. The van der Waals surface area contributed by atoms with Crippen molar-refractivity contribution in [2.45, 2.75) is 70.4 Å². The van der Waals surface area contributed by atoms with Crippen molar-refractivity contribution in [3.63, 3.8) is 0 Å². The molecule has 2 aliphatic heterocycles. The molecule has 2 saturated heterocycles. The van der Waals surface area contributed by atoms with E-state index >= 15 is 0 Å². The van der Waals surface area contributed by atoms with Gasteiger partial charge in [-0.3, -0.25) is 14.5 Å². The second-order valence-corrected chi connectivity index (χ2v) is 12.6. The molecule has 4 atom stereocenters. The van der Waals surface area contributed by atoms with Crippen molar-refractivity contribution in [1.82, 2.24) is 9.80 Å². The van der Waals surface area contributed by atoms with Gasteiger partial charge >= 0.3 is 0 Å². The van der Waals surface area contributed by atoms with Gasteiger partial charge in [0.1, 0.15) is 21.6 Å². The fraction of sp³-hybridized carbons (Fsp3) is 0.500. The van der Waals surface area contributed by atoms with Gasteiger partial charge in [-0.1, -0.05) is 37.3 Å². The van der Waals surface area contributed by atoms with Crippen LogP contribution in [0, 0.1) is 11.8 Å². The van der Waals surface area contributed by atoms with Crippen LogP contribution < -0.4 is 4.74 Å². The molecule has 200 valence electrons. The number of carbonyl (C=O) groups is 2. The topological polar surface area (TPSA) is 63.0 Å². The molecule has 2 amide bonds.